The Balaban J connectivity index is 1.75. The second-order valence-electron chi connectivity index (χ2n) is 6.29. The lowest BCUT2D eigenvalue weighted by Crippen LogP contribution is -2.58. The van der Waals surface area contributed by atoms with Gasteiger partial charge in [-0.3, -0.25) is 14.0 Å². The summed E-state index contributed by atoms with van der Waals surface area (Å²) in [6, 6.07) is 0.269. The first-order valence-electron chi connectivity index (χ1n) is 6.62. The highest BCUT2D eigenvalue weighted by Crippen LogP contribution is 2.50. The zero-order valence-electron chi connectivity index (χ0n) is 11.8. The highest BCUT2D eigenvalue weighted by Gasteiger charge is 2.39. The molecular weight excluding hydrogens is 268 g/mol. The summed E-state index contributed by atoms with van der Waals surface area (Å²) in [5.41, 5.74) is -0.459. The first kappa shape index (κ1) is 14.9. The Morgan fingerprint density at radius 1 is 1.16 bits per heavy atom. The number of rotatable bonds is 1. The SMILES string of the molecule is CC(C)(C)OC(=O)N1CCN(C2CS(O)(O)C2)CC1. The van der Waals surface area contributed by atoms with Crippen molar-refractivity contribution in [2.75, 3.05) is 37.7 Å². The number of piperazine rings is 1. The van der Waals surface area contributed by atoms with Gasteiger partial charge in [-0.1, -0.05) is 0 Å². The monoisotopic (exact) mass is 292 g/mol. The van der Waals surface area contributed by atoms with Crippen LogP contribution in [0.5, 0.6) is 0 Å². The molecule has 2 fully saturated rings. The fourth-order valence-electron chi connectivity index (χ4n) is 2.37. The maximum absolute atomic E-state index is 11.9. The van der Waals surface area contributed by atoms with Gasteiger partial charge in [0.15, 0.2) is 0 Å². The zero-order chi connectivity index (χ0) is 14.3. The molecule has 0 atom stereocenters. The van der Waals surface area contributed by atoms with Gasteiger partial charge in [0.2, 0.25) is 0 Å². The second kappa shape index (κ2) is 5.12. The van der Waals surface area contributed by atoms with Gasteiger partial charge in [0.1, 0.15) is 5.60 Å². The molecule has 2 heterocycles. The minimum Gasteiger partial charge on any atom is -0.444 e. The summed E-state index contributed by atoms with van der Waals surface area (Å²) in [5, 5.41) is 0. The van der Waals surface area contributed by atoms with Crippen LogP contribution >= 0.6 is 10.6 Å². The first-order valence-corrected chi connectivity index (χ1v) is 8.50. The highest BCUT2D eigenvalue weighted by molar-refractivity contribution is 8.25. The predicted octanol–water partition coefficient (Wildman–Crippen LogP) is 1.67. The fourth-order valence-corrected chi connectivity index (χ4v) is 3.93. The van der Waals surface area contributed by atoms with Crippen molar-refractivity contribution in [3.63, 3.8) is 0 Å². The van der Waals surface area contributed by atoms with Gasteiger partial charge in [-0.05, 0) is 20.8 Å². The van der Waals surface area contributed by atoms with Crippen LogP contribution in [0, 0.1) is 0 Å². The Kier molecular flexibility index (Phi) is 4.02. The topological polar surface area (TPSA) is 73.2 Å². The summed E-state index contributed by atoms with van der Waals surface area (Å²) < 4.78 is 24.2. The minimum atomic E-state index is -2.28. The molecule has 6 nitrogen and oxygen atoms in total. The number of ether oxygens (including phenoxy) is 1. The van der Waals surface area contributed by atoms with E-state index in [0.29, 0.717) is 24.6 Å². The van der Waals surface area contributed by atoms with E-state index < -0.39 is 16.2 Å². The smallest absolute Gasteiger partial charge is 0.410 e. The Bertz CT molecular complexity index is 340. The van der Waals surface area contributed by atoms with Gasteiger partial charge in [0, 0.05) is 32.2 Å². The fraction of sp³-hybridized carbons (Fsp3) is 0.917. The van der Waals surface area contributed by atoms with E-state index in [1.54, 1.807) is 4.90 Å². The van der Waals surface area contributed by atoms with E-state index in [0.717, 1.165) is 13.1 Å². The van der Waals surface area contributed by atoms with Gasteiger partial charge in [-0.15, -0.1) is 0 Å². The van der Waals surface area contributed by atoms with Gasteiger partial charge < -0.3 is 9.64 Å². The van der Waals surface area contributed by atoms with Crippen LogP contribution in [0.25, 0.3) is 0 Å². The lowest BCUT2D eigenvalue weighted by atomic mass is 10.2. The third kappa shape index (κ3) is 3.98. The molecule has 2 N–H and O–H groups in total. The third-order valence-electron chi connectivity index (χ3n) is 3.40. The Hall–Kier alpha value is -0.500. The molecule has 0 aromatic rings. The summed E-state index contributed by atoms with van der Waals surface area (Å²) >= 11 is 0. The van der Waals surface area contributed by atoms with Crippen molar-refractivity contribution in [2.24, 2.45) is 0 Å². The number of amides is 1. The molecule has 2 aliphatic rings. The maximum atomic E-state index is 11.9. The summed E-state index contributed by atoms with van der Waals surface area (Å²) in [6.45, 7) is 8.43. The molecule has 2 saturated heterocycles. The number of hydrogen-bond donors (Lipinski definition) is 2. The van der Waals surface area contributed by atoms with Crippen LogP contribution in [0.15, 0.2) is 0 Å². The van der Waals surface area contributed by atoms with Gasteiger partial charge >= 0.3 is 6.09 Å². The molecule has 0 aliphatic carbocycles. The Labute approximate surface area is 116 Å². The van der Waals surface area contributed by atoms with Crippen molar-refractivity contribution in [1.29, 1.82) is 0 Å². The summed E-state index contributed by atoms with van der Waals surface area (Å²) in [7, 11) is -2.28. The van der Waals surface area contributed by atoms with Crippen LogP contribution in [-0.4, -0.2) is 74.3 Å². The first-order chi connectivity index (χ1) is 8.66. The molecule has 0 aromatic carbocycles. The van der Waals surface area contributed by atoms with Gasteiger partial charge in [-0.2, -0.15) is 10.6 Å². The number of hydrogen-bond acceptors (Lipinski definition) is 5. The van der Waals surface area contributed by atoms with Gasteiger partial charge in [0.05, 0.1) is 11.5 Å². The maximum Gasteiger partial charge on any atom is 0.410 e. The molecule has 19 heavy (non-hydrogen) atoms. The largest absolute Gasteiger partial charge is 0.444 e. The minimum absolute atomic E-state index is 0.259. The standard InChI is InChI=1S/C12H24N2O4S/c1-12(2,3)18-11(15)14-6-4-13(5-7-14)10-8-19(16,17)9-10/h10,16-17H,4-9H2,1-3H3. The van der Waals surface area contributed by atoms with Crippen LogP contribution in [0.2, 0.25) is 0 Å². The molecule has 0 bridgehead atoms. The molecule has 0 aromatic heterocycles. The third-order valence-corrected chi connectivity index (χ3v) is 5.24. The quantitative estimate of drug-likeness (QED) is 0.769. The Morgan fingerprint density at radius 3 is 2.11 bits per heavy atom. The molecule has 7 heteroatoms. The molecule has 0 unspecified atom stereocenters. The van der Waals surface area contributed by atoms with Crippen LogP contribution < -0.4 is 0 Å². The highest BCUT2D eigenvalue weighted by atomic mass is 32.3. The molecule has 112 valence electrons. The lowest BCUT2D eigenvalue weighted by Gasteiger charge is -2.52. The van der Waals surface area contributed by atoms with E-state index >= 15 is 0 Å². The molecular formula is C12H24N2O4S. The molecule has 0 saturated carbocycles. The molecule has 0 radical (unpaired) electrons. The van der Waals surface area contributed by atoms with Crippen molar-refractivity contribution in [3.05, 3.63) is 0 Å². The Morgan fingerprint density at radius 2 is 1.68 bits per heavy atom. The van der Waals surface area contributed by atoms with Crippen LogP contribution in [0.4, 0.5) is 4.79 Å². The normalized spacial score (nSPS) is 26.7. The van der Waals surface area contributed by atoms with Crippen molar-refractivity contribution in [2.45, 2.75) is 32.4 Å². The van der Waals surface area contributed by atoms with E-state index in [2.05, 4.69) is 4.90 Å². The molecule has 2 aliphatic heterocycles. The van der Waals surface area contributed by atoms with Crippen LogP contribution in [0.3, 0.4) is 0 Å². The number of nitrogens with zero attached hydrogens (tertiary/aromatic N) is 2. The predicted molar refractivity (Wildman–Crippen MR) is 75.8 cm³/mol. The van der Waals surface area contributed by atoms with Crippen molar-refractivity contribution >= 4 is 16.7 Å². The average Bonchev–Trinajstić information content (AvgIpc) is 2.23. The van der Waals surface area contributed by atoms with Crippen LogP contribution in [-0.2, 0) is 4.74 Å². The molecule has 0 spiro atoms. The summed E-state index contributed by atoms with van der Waals surface area (Å²) in [4.78, 5) is 15.8. The second-order valence-corrected chi connectivity index (χ2v) is 8.56. The van der Waals surface area contributed by atoms with Crippen molar-refractivity contribution in [1.82, 2.24) is 9.80 Å². The number of carbonyl (C=O) groups is 1. The lowest BCUT2D eigenvalue weighted by molar-refractivity contribution is 0.0112. The van der Waals surface area contributed by atoms with E-state index in [4.69, 9.17) is 4.74 Å². The van der Waals surface area contributed by atoms with E-state index in [1.165, 1.54) is 0 Å². The van der Waals surface area contributed by atoms with E-state index in [-0.39, 0.29) is 12.1 Å². The molecule has 1 amide bonds. The summed E-state index contributed by atoms with van der Waals surface area (Å²) in [6.07, 6.45) is -0.259. The van der Waals surface area contributed by atoms with Gasteiger partial charge in [0.25, 0.3) is 0 Å². The summed E-state index contributed by atoms with van der Waals surface area (Å²) in [5.74, 6) is 0.971. The number of carbonyl (C=O) groups excluding carboxylic acids is 1. The van der Waals surface area contributed by atoms with Crippen molar-refractivity contribution < 1.29 is 18.6 Å². The van der Waals surface area contributed by atoms with E-state index in [9.17, 15) is 13.9 Å². The zero-order valence-corrected chi connectivity index (χ0v) is 12.7. The van der Waals surface area contributed by atoms with Crippen LogP contribution in [0.1, 0.15) is 20.8 Å². The van der Waals surface area contributed by atoms with Crippen molar-refractivity contribution in [3.8, 4) is 0 Å². The molecule has 2 rings (SSSR count). The van der Waals surface area contributed by atoms with Gasteiger partial charge in [-0.25, -0.2) is 4.79 Å². The average molecular weight is 292 g/mol. The van der Waals surface area contributed by atoms with E-state index in [1.807, 2.05) is 20.8 Å².